The Labute approximate surface area is 127 Å². The Hall–Kier alpha value is -2.89. The zero-order valence-corrected chi connectivity index (χ0v) is 11.8. The highest BCUT2D eigenvalue weighted by atomic mass is 19.1. The summed E-state index contributed by atoms with van der Waals surface area (Å²) >= 11 is 0. The van der Waals surface area contributed by atoms with Crippen molar-refractivity contribution in [3.8, 4) is 0 Å². The summed E-state index contributed by atoms with van der Waals surface area (Å²) in [5.41, 5.74) is 5.78. The maximum Gasteiger partial charge on any atom is 0.333 e. The second-order valence-corrected chi connectivity index (χ2v) is 4.58. The van der Waals surface area contributed by atoms with Crippen LogP contribution >= 0.6 is 0 Å². The maximum absolute atomic E-state index is 13.0. The monoisotopic (exact) mass is 301 g/mol. The van der Waals surface area contributed by atoms with Crippen LogP contribution in [0, 0.1) is 5.82 Å². The van der Waals surface area contributed by atoms with Gasteiger partial charge < -0.3 is 5.32 Å². The Bertz CT molecular complexity index is 647. The van der Waals surface area contributed by atoms with Crippen molar-refractivity contribution in [2.45, 2.75) is 6.42 Å². The third-order valence-electron chi connectivity index (χ3n) is 2.91. The first-order valence-electron chi connectivity index (χ1n) is 6.79. The van der Waals surface area contributed by atoms with E-state index in [4.69, 9.17) is 0 Å². The van der Waals surface area contributed by atoms with Crippen molar-refractivity contribution in [1.82, 2.24) is 16.2 Å². The molecule has 3 N–H and O–H groups in total. The van der Waals surface area contributed by atoms with Gasteiger partial charge in [-0.2, -0.15) is 0 Å². The summed E-state index contributed by atoms with van der Waals surface area (Å²) in [6.45, 7) is 0.330. The molecule has 6 heteroatoms. The van der Waals surface area contributed by atoms with E-state index in [0.29, 0.717) is 18.5 Å². The van der Waals surface area contributed by atoms with Gasteiger partial charge in [0.2, 0.25) is 0 Å². The number of carbonyl (C=O) groups is 2. The Morgan fingerprint density at radius 1 is 0.955 bits per heavy atom. The highest BCUT2D eigenvalue weighted by Crippen LogP contribution is 2.03. The van der Waals surface area contributed by atoms with Crippen LogP contribution in [0.3, 0.4) is 0 Å². The Kier molecular flexibility index (Phi) is 5.48. The largest absolute Gasteiger partial charge is 0.336 e. The molecule has 2 rings (SSSR count). The number of carbonyl (C=O) groups excluding carboxylic acids is 2. The van der Waals surface area contributed by atoms with Crippen molar-refractivity contribution in [1.29, 1.82) is 0 Å². The lowest BCUT2D eigenvalue weighted by Gasteiger charge is -2.09. The zero-order valence-electron chi connectivity index (χ0n) is 11.8. The van der Waals surface area contributed by atoms with Crippen molar-refractivity contribution in [3.05, 3.63) is 71.5 Å². The molecular weight excluding hydrogens is 285 g/mol. The van der Waals surface area contributed by atoms with Crippen LogP contribution in [0.2, 0.25) is 0 Å². The summed E-state index contributed by atoms with van der Waals surface area (Å²) in [7, 11) is 0. The van der Waals surface area contributed by atoms with Crippen molar-refractivity contribution in [3.63, 3.8) is 0 Å². The van der Waals surface area contributed by atoms with Gasteiger partial charge in [0.15, 0.2) is 0 Å². The van der Waals surface area contributed by atoms with Gasteiger partial charge in [-0.3, -0.25) is 10.2 Å². The number of halogens is 1. The summed E-state index contributed by atoms with van der Waals surface area (Å²) in [5.74, 6) is -0.710. The first kappa shape index (κ1) is 15.5. The van der Waals surface area contributed by atoms with Crippen molar-refractivity contribution in [2.75, 3.05) is 6.54 Å². The predicted octanol–water partition coefficient (Wildman–Crippen LogP) is 2.01. The van der Waals surface area contributed by atoms with Gasteiger partial charge in [0.25, 0.3) is 5.91 Å². The topological polar surface area (TPSA) is 70.2 Å². The molecule has 0 spiro atoms. The van der Waals surface area contributed by atoms with Crippen molar-refractivity contribution < 1.29 is 14.0 Å². The minimum Gasteiger partial charge on any atom is -0.336 e. The van der Waals surface area contributed by atoms with E-state index in [9.17, 15) is 14.0 Å². The lowest BCUT2D eigenvalue weighted by atomic mass is 10.1. The summed E-state index contributed by atoms with van der Waals surface area (Å²) in [4.78, 5) is 23.2. The normalized spacial score (nSPS) is 9.86. The fraction of sp³-hybridized carbons (Fsp3) is 0.125. The Morgan fingerprint density at radius 3 is 2.45 bits per heavy atom. The molecule has 0 saturated heterocycles. The first-order chi connectivity index (χ1) is 10.6. The van der Waals surface area contributed by atoms with Gasteiger partial charge in [0.1, 0.15) is 5.82 Å². The maximum atomic E-state index is 13.0. The zero-order chi connectivity index (χ0) is 15.8. The molecular formula is C16H16FN3O2. The van der Waals surface area contributed by atoms with Crippen LogP contribution in [0.1, 0.15) is 15.9 Å². The highest BCUT2D eigenvalue weighted by molar-refractivity contribution is 5.95. The lowest BCUT2D eigenvalue weighted by Crippen LogP contribution is -2.47. The number of amides is 3. The third-order valence-corrected chi connectivity index (χ3v) is 2.91. The fourth-order valence-corrected chi connectivity index (χ4v) is 1.83. The molecule has 0 saturated carbocycles. The minimum atomic E-state index is -0.527. The van der Waals surface area contributed by atoms with Gasteiger partial charge in [0, 0.05) is 12.1 Å². The quantitative estimate of drug-likeness (QED) is 0.756. The summed E-state index contributed by atoms with van der Waals surface area (Å²) in [5, 5.41) is 2.57. The molecule has 22 heavy (non-hydrogen) atoms. The summed E-state index contributed by atoms with van der Waals surface area (Å²) in [6, 6.07) is 14.2. The Balaban J connectivity index is 1.69. The van der Waals surface area contributed by atoms with E-state index in [2.05, 4.69) is 16.2 Å². The van der Waals surface area contributed by atoms with Crippen LogP contribution in [-0.2, 0) is 6.42 Å². The van der Waals surface area contributed by atoms with E-state index in [0.717, 1.165) is 5.56 Å². The molecule has 2 aromatic rings. The molecule has 0 atom stereocenters. The molecule has 114 valence electrons. The SMILES string of the molecule is O=C(NCCc1cccc(F)c1)NNC(=O)c1ccccc1. The molecule has 0 radical (unpaired) electrons. The van der Waals surface area contributed by atoms with E-state index < -0.39 is 11.9 Å². The molecule has 0 fully saturated rings. The number of benzene rings is 2. The molecule has 0 heterocycles. The number of urea groups is 1. The van der Waals surface area contributed by atoms with Gasteiger partial charge in [-0.15, -0.1) is 0 Å². The number of hydrogen-bond acceptors (Lipinski definition) is 2. The lowest BCUT2D eigenvalue weighted by molar-refractivity contribution is 0.0936. The van der Waals surface area contributed by atoms with E-state index in [1.807, 2.05) is 0 Å². The molecule has 5 nitrogen and oxygen atoms in total. The van der Waals surface area contributed by atoms with Gasteiger partial charge in [-0.25, -0.2) is 14.6 Å². The predicted molar refractivity (Wildman–Crippen MR) is 80.5 cm³/mol. The first-order valence-corrected chi connectivity index (χ1v) is 6.79. The Morgan fingerprint density at radius 2 is 1.73 bits per heavy atom. The van der Waals surface area contributed by atoms with Crippen molar-refractivity contribution in [2.24, 2.45) is 0 Å². The molecule has 3 amide bonds. The average molecular weight is 301 g/mol. The molecule has 0 aliphatic rings. The molecule has 0 aromatic heterocycles. The molecule has 0 unspecified atom stereocenters. The second kappa shape index (κ2) is 7.78. The van der Waals surface area contributed by atoms with Gasteiger partial charge >= 0.3 is 6.03 Å². The standard InChI is InChI=1S/C16H16FN3O2/c17-14-8-4-5-12(11-14)9-10-18-16(22)20-19-15(21)13-6-2-1-3-7-13/h1-8,11H,9-10H2,(H,19,21)(H2,18,20,22). The third kappa shape index (κ3) is 4.90. The van der Waals surface area contributed by atoms with E-state index in [1.165, 1.54) is 12.1 Å². The second-order valence-electron chi connectivity index (χ2n) is 4.58. The fourth-order valence-electron chi connectivity index (χ4n) is 1.83. The average Bonchev–Trinajstić information content (AvgIpc) is 2.53. The molecule has 0 aliphatic heterocycles. The smallest absolute Gasteiger partial charge is 0.333 e. The van der Waals surface area contributed by atoms with Crippen molar-refractivity contribution >= 4 is 11.9 Å². The van der Waals surface area contributed by atoms with E-state index in [1.54, 1.807) is 42.5 Å². The van der Waals surface area contributed by atoms with E-state index >= 15 is 0 Å². The number of nitrogens with one attached hydrogen (secondary N) is 3. The van der Waals surface area contributed by atoms with Crippen LogP contribution in [0.25, 0.3) is 0 Å². The molecule has 0 aliphatic carbocycles. The van der Waals surface area contributed by atoms with Crippen LogP contribution in [0.4, 0.5) is 9.18 Å². The van der Waals surface area contributed by atoms with Crippen LogP contribution < -0.4 is 16.2 Å². The van der Waals surface area contributed by atoms with Crippen LogP contribution in [0.5, 0.6) is 0 Å². The van der Waals surface area contributed by atoms with Crippen LogP contribution in [0.15, 0.2) is 54.6 Å². The summed E-state index contributed by atoms with van der Waals surface area (Å²) < 4.78 is 13.0. The molecule has 2 aromatic carbocycles. The minimum absolute atomic E-state index is 0.308. The van der Waals surface area contributed by atoms with Gasteiger partial charge in [0.05, 0.1) is 0 Å². The van der Waals surface area contributed by atoms with Gasteiger partial charge in [-0.1, -0.05) is 30.3 Å². The van der Waals surface area contributed by atoms with E-state index in [-0.39, 0.29) is 5.82 Å². The van der Waals surface area contributed by atoms with Crippen LogP contribution in [-0.4, -0.2) is 18.5 Å². The number of hydrogen-bond donors (Lipinski definition) is 3. The van der Waals surface area contributed by atoms with Gasteiger partial charge in [-0.05, 0) is 36.2 Å². The highest BCUT2D eigenvalue weighted by Gasteiger charge is 2.06. The summed E-state index contributed by atoms with van der Waals surface area (Å²) in [6.07, 6.45) is 0.498. The molecule has 0 bridgehead atoms. The number of rotatable bonds is 4. The number of hydrazine groups is 1.